The van der Waals surface area contributed by atoms with Crippen molar-refractivity contribution in [3.63, 3.8) is 0 Å². The summed E-state index contributed by atoms with van der Waals surface area (Å²) in [7, 11) is -4.03. The number of aromatic carboxylic acids is 1. The van der Waals surface area contributed by atoms with Crippen LogP contribution >= 0.6 is 0 Å². The number of pyridine rings is 1. The predicted molar refractivity (Wildman–Crippen MR) is 108 cm³/mol. The fourth-order valence-corrected chi connectivity index (χ4v) is 4.83. The maximum atomic E-state index is 14.0. The van der Waals surface area contributed by atoms with Crippen molar-refractivity contribution in [3.8, 4) is 0 Å². The van der Waals surface area contributed by atoms with Crippen LogP contribution in [0.1, 0.15) is 10.4 Å². The van der Waals surface area contributed by atoms with Gasteiger partial charge in [0.15, 0.2) is 5.44 Å². The Balaban J connectivity index is 1.93. The molecule has 3 aromatic rings. The molecule has 1 fully saturated rings. The van der Waals surface area contributed by atoms with Crippen LogP contribution in [0.5, 0.6) is 0 Å². The van der Waals surface area contributed by atoms with Crippen LogP contribution in [0.3, 0.4) is 0 Å². The smallest absolute Gasteiger partial charge is 0.337 e. The van der Waals surface area contributed by atoms with Crippen LogP contribution in [0.15, 0.2) is 53.6 Å². The van der Waals surface area contributed by atoms with Gasteiger partial charge in [0.25, 0.3) is 0 Å². The minimum atomic E-state index is -4.03. The Morgan fingerprint density at radius 1 is 1.27 bits per heavy atom. The zero-order valence-electron chi connectivity index (χ0n) is 15.6. The minimum Gasteiger partial charge on any atom is -0.478 e. The van der Waals surface area contributed by atoms with Crippen molar-refractivity contribution in [2.24, 2.45) is 0 Å². The van der Waals surface area contributed by atoms with E-state index in [9.17, 15) is 22.7 Å². The van der Waals surface area contributed by atoms with Gasteiger partial charge in [-0.1, -0.05) is 12.1 Å². The van der Waals surface area contributed by atoms with E-state index in [1.165, 1.54) is 30.5 Å². The molecule has 30 heavy (non-hydrogen) atoms. The molecule has 3 N–H and O–H groups in total. The van der Waals surface area contributed by atoms with Gasteiger partial charge in [0.1, 0.15) is 10.7 Å². The zero-order chi connectivity index (χ0) is 21.3. The molecule has 0 spiro atoms. The third kappa shape index (κ3) is 3.72. The Hall–Kier alpha value is -3.08. The van der Waals surface area contributed by atoms with Crippen LogP contribution in [-0.2, 0) is 14.6 Å². The molecule has 0 amide bonds. The third-order valence-corrected chi connectivity index (χ3v) is 6.68. The number of hydrogen-bond donors (Lipinski definition) is 3. The number of sulfone groups is 1. The molecule has 1 saturated heterocycles. The Morgan fingerprint density at radius 2 is 2.07 bits per heavy atom. The molecule has 8 nitrogen and oxygen atoms in total. The second-order valence-corrected chi connectivity index (χ2v) is 8.74. The molecule has 0 radical (unpaired) electrons. The largest absolute Gasteiger partial charge is 0.478 e. The molecule has 2 heterocycles. The van der Waals surface area contributed by atoms with Crippen LogP contribution in [0.4, 0.5) is 15.8 Å². The van der Waals surface area contributed by atoms with Crippen molar-refractivity contribution < 1.29 is 27.4 Å². The number of morpholine rings is 1. The van der Waals surface area contributed by atoms with Gasteiger partial charge in [0, 0.05) is 24.7 Å². The lowest BCUT2D eigenvalue weighted by Crippen LogP contribution is -2.43. The highest BCUT2D eigenvalue weighted by Gasteiger charge is 2.33. The molecule has 1 aliphatic rings. The number of fused-ring (bicyclic) bond motifs is 1. The van der Waals surface area contributed by atoms with Crippen LogP contribution in [0.25, 0.3) is 10.9 Å². The summed E-state index contributed by atoms with van der Waals surface area (Å²) in [6.45, 7) is 0.850. The molecule has 0 saturated carbocycles. The van der Waals surface area contributed by atoms with E-state index in [0.29, 0.717) is 12.1 Å². The topological polar surface area (TPSA) is 118 Å². The Morgan fingerprint density at radius 3 is 2.80 bits per heavy atom. The van der Waals surface area contributed by atoms with Gasteiger partial charge in [0.2, 0.25) is 9.84 Å². The summed E-state index contributed by atoms with van der Waals surface area (Å²) in [5.41, 5.74) is -0.635. The van der Waals surface area contributed by atoms with Gasteiger partial charge >= 0.3 is 5.97 Å². The predicted octanol–water partition coefficient (Wildman–Crippen LogP) is 2.54. The standard InChI is InChI=1S/C20H18FN3O5S/c21-12-5-6-15-14(9-12)19(24-16-4-2-1-3-13(16)20(25)26)17(10-23-15)30(27,28)18-11-22-7-8-29-18/h1-6,9-10,18,22H,7-8,11H2,(H,23,24)(H,25,26). The van der Waals surface area contributed by atoms with Crippen LogP contribution < -0.4 is 10.6 Å². The molecule has 1 aromatic heterocycles. The van der Waals surface area contributed by atoms with E-state index in [1.807, 2.05) is 0 Å². The number of nitrogens with one attached hydrogen (secondary N) is 2. The fourth-order valence-electron chi connectivity index (χ4n) is 3.29. The lowest BCUT2D eigenvalue weighted by atomic mass is 10.1. The first-order valence-corrected chi connectivity index (χ1v) is 10.7. The molecule has 1 aliphatic heterocycles. The maximum absolute atomic E-state index is 14.0. The number of ether oxygens (including phenoxy) is 1. The number of carboxylic acids is 1. The van der Waals surface area contributed by atoms with Gasteiger partial charge in [-0.3, -0.25) is 4.98 Å². The van der Waals surface area contributed by atoms with Crippen molar-refractivity contribution in [3.05, 3.63) is 60.0 Å². The van der Waals surface area contributed by atoms with Crippen LogP contribution in [0.2, 0.25) is 0 Å². The lowest BCUT2D eigenvalue weighted by Gasteiger charge is -2.25. The van der Waals surface area contributed by atoms with Crippen molar-refractivity contribution in [1.82, 2.24) is 10.3 Å². The van der Waals surface area contributed by atoms with E-state index in [4.69, 9.17) is 4.74 Å². The highest BCUT2D eigenvalue weighted by atomic mass is 32.2. The molecule has 0 aliphatic carbocycles. The second kappa shape index (κ2) is 7.98. The zero-order valence-corrected chi connectivity index (χ0v) is 16.4. The van der Waals surface area contributed by atoms with Gasteiger partial charge < -0.3 is 20.5 Å². The number of para-hydroxylation sites is 1. The number of carbonyl (C=O) groups is 1. The minimum absolute atomic E-state index is 0.0439. The summed E-state index contributed by atoms with van der Waals surface area (Å²) in [4.78, 5) is 15.6. The van der Waals surface area contributed by atoms with Gasteiger partial charge in [-0.2, -0.15) is 0 Å². The monoisotopic (exact) mass is 431 g/mol. The first-order valence-electron chi connectivity index (χ1n) is 9.12. The fraction of sp³-hybridized carbons (Fsp3) is 0.200. The first kappa shape index (κ1) is 20.2. The highest BCUT2D eigenvalue weighted by Crippen LogP contribution is 2.35. The number of nitrogens with zero attached hydrogens (tertiary/aromatic N) is 1. The van der Waals surface area contributed by atoms with E-state index in [-0.39, 0.29) is 40.4 Å². The summed E-state index contributed by atoms with van der Waals surface area (Å²) in [5.74, 6) is -1.77. The summed E-state index contributed by atoms with van der Waals surface area (Å²) >= 11 is 0. The Labute approximate surface area is 171 Å². The number of halogens is 1. The third-order valence-electron chi connectivity index (χ3n) is 4.76. The highest BCUT2D eigenvalue weighted by molar-refractivity contribution is 7.92. The average Bonchev–Trinajstić information content (AvgIpc) is 2.75. The van der Waals surface area contributed by atoms with Crippen LogP contribution in [-0.4, -0.2) is 49.6 Å². The summed E-state index contributed by atoms with van der Waals surface area (Å²) < 4.78 is 46.0. The molecule has 1 atom stereocenters. The number of aromatic nitrogens is 1. The SMILES string of the molecule is O=C(O)c1ccccc1Nc1c(S(=O)(=O)C2CNCCO2)cnc2ccc(F)cc12. The van der Waals surface area contributed by atoms with E-state index >= 15 is 0 Å². The first-order chi connectivity index (χ1) is 14.4. The lowest BCUT2D eigenvalue weighted by molar-refractivity contribution is 0.0698. The number of hydrogen-bond acceptors (Lipinski definition) is 7. The van der Waals surface area contributed by atoms with Crippen LogP contribution in [0, 0.1) is 5.82 Å². The molecule has 1 unspecified atom stereocenters. The number of rotatable bonds is 5. The quantitative estimate of drug-likeness (QED) is 0.564. The van der Waals surface area contributed by atoms with Gasteiger partial charge in [-0.25, -0.2) is 17.6 Å². The van der Waals surface area contributed by atoms with E-state index in [2.05, 4.69) is 15.6 Å². The molecule has 0 bridgehead atoms. The second-order valence-electron chi connectivity index (χ2n) is 6.68. The van der Waals surface area contributed by atoms with Crippen molar-refractivity contribution >= 4 is 38.1 Å². The van der Waals surface area contributed by atoms with E-state index in [0.717, 1.165) is 6.07 Å². The molecule has 156 valence electrons. The summed E-state index contributed by atoms with van der Waals surface area (Å²) in [6, 6.07) is 9.86. The van der Waals surface area contributed by atoms with Crippen molar-refractivity contribution in [2.45, 2.75) is 10.3 Å². The van der Waals surface area contributed by atoms with E-state index in [1.54, 1.807) is 12.1 Å². The van der Waals surface area contributed by atoms with E-state index < -0.39 is 27.1 Å². The molecular formula is C20H18FN3O5S. The average molecular weight is 431 g/mol. The normalized spacial score (nSPS) is 17.0. The maximum Gasteiger partial charge on any atom is 0.337 e. The van der Waals surface area contributed by atoms with Gasteiger partial charge in [-0.15, -0.1) is 0 Å². The molecular weight excluding hydrogens is 413 g/mol. The van der Waals surface area contributed by atoms with Gasteiger partial charge in [-0.05, 0) is 30.3 Å². The summed E-state index contributed by atoms with van der Waals surface area (Å²) in [5, 5.41) is 15.5. The Bertz CT molecular complexity index is 1230. The van der Waals surface area contributed by atoms with Crippen molar-refractivity contribution in [1.29, 1.82) is 0 Å². The number of anilines is 2. The van der Waals surface area contributed by atoms with Gasteiger partial charge in [0.05, 0.1) is 29.1 Å². The molecule has 4 rings (SSSR count). The number of benzene rings is 2. The molecule has 2 aromatic carbocycles. The number of carboxylic acid groups (broad SMARTS) is 1. The summed E-state index contributed by atoms with van der Waals surface area (Å²) in [6.07, 6.45) is 1.18. The van der Waals surface area contributed by atoms with Crippen molar-refractivity contribution in [2.75, 3.05) is 25.0 Å². The Kier molecular flexibility index (Phi) is 5.37. The molecule has 10 heteroatoms.